The first-order valence-corrected chi connectivity index (χ1v) is 7.09. The van der Waals surface area contributed by atoms with Crippen LogP contribution in [0.4, 0.5) is 0 Å². The highest BCUT2D eigenvalue weighted by Crippen LogP contribution is 2.10. The Morgan fingerprint density at radius 3 is 2.56 bits per heavy atom. The van der Waals surface area contributed by atoms with Gasteiger partial charge in [-0.05, 0) is 43.4 Å². The van der Waals surface area contributed by atoms with Crippen molar-refractivity contribution in [3.63, 3.8) is 0 Å². The molecule has 0 aliphatic rings. The molecule has 0 amide bonds. The summed E-state index contributed by atoms with van der Waals surface area (Å²) in [5, 5.41) is 3.52. The van der Waals surface area contributed by atoms with E-state index in [0.29, 0.717) is 0 Å². The quantitative estimate of drug-likeness (QED) is 0.673. The predicted molar refractivity (Wildman–Crippen MR) is 77.6 cm³/mol. The van der Waals surface area contributed by atoms with E-state index >= 15 is 0 Å². The van der Waals surface area contributed by atoms with Crippen LogP contribution in [0.25, 0.3) is 0 Å². The average Bonchev–Trinajstić information content (AvgIpc) is 2.36. The molecule has 1 aromatic rings. The topological polar surface area (TPSA) is 21.3 Å². The molecular weight excluding hydrogens is 222 g/mol. The lowest BCUT2D eigenvalue weighted by molar-refractivity contribution is 0.133. The number of hydrogen-bond donors (Lipinski definition) is 1. The number of benzene rings is 1. The summed E-state index contributed by atoms with van der Waals surface area (Å²) in [6.07, 6.45) is 2.55. The lowest BCUT2D eigenvalue weighted by Gasteiger charge is -2.11. The van der Waals surface area contributed by atoms with Crippen LogP contribution in [-0.4, -0.2) is 13.2 Å². The highest BCUT2D eigenvalue weighted by atomic mass is 16.5. The van der Waals surface area contributed by atoms with E-state index in [4.69, 9.17) is 4.74 Å². The van der Waals surface area contributed by atoms with Gasteiger partial charge in [-0.15, -0.1) is 0 Å². The highest BCUT2D eigenvalue weighted by molar-refractivity contribution is 5.26. The van der Waals surface area contributed by atoms with Crippen LogP contribution in [-0.2, 0) is 17.9 Å². The van der Waals surface area contributed by atoms with E-state index < -0.39 is 0 Å². The van der Waals surface area contributed by atoms with Crippen LogP contribution in [0.2, 0.25) is 0 Å². The van der Waals surface area contributed by atoms with Crippen molar-refractivity contribution in [1.29, 1.82) is 0 Å². The summed E-state index contributed by atoms with van der Waals surface area (Å²) in [7, 11) is 0. The zero-order valence-corrected chi connectivity index (χ0v) is 12.0. The molecule has 1 aromatic carbocycles. The Morgan fingerprint density at radius 2 is 1.89 bits per heavy atom. The molecule has 2 nitrogen and oxygen atoms in total. The molecule has 0 radical (unpaired) electrons. The zero-order chi connectivity index (χ0) is 13.2. The first kappa shape index (κ1) is 15.2. The van der Waals surface area contributed by atoms with Crippen LogP contribution < -0.4 is 5.32 Å². The monoisotopic (exact) mass is 249 g/mol. The van der Waals surface area contributed by atoms with Gasteiger partial charge in [0.2, 0.25) is 0 Å². The smallest absolute Gasteiger partial charge is 0.0719 e. The third-order valence-electron chi connectivity index (χ3n) is 3.03. The van der Waals surface area contributed by atoms with E-state index in [1.807, 2.05) is 6.92 Å². The van der Waals surface area contributed by atoms with Crippen LogP contribution in [0.5, 0.6) is 0 Å². The summed E-state index contributed by atoms with van der Waals surface area (Å²) in [5.41, 5.74) is 2.66. The third-order valence-corrected chi connectivity index (χ3v) is 3.03. The Balaban J connectivity index is 2.32. The van der Waals surface area contributed by atoms with Crippen LogP contribution >= 0.6 is 0 Å². The zero-order valence-electron chi connectivity index (χ0n) is 12.0. The molecule has 2 heteroatoms. The minimum Gasteiger partial charge on any atom is -0.377 e. The van der Waals surface area contributed by atoms with E-state index in [-0.39, 0.29) is 0 Å². The summed E-state index contributed by atoms with van der Waals surface area (Å²) in [6.45, 7) is 10.1. The van der Waals surface area contributed by atoms with Crippen molar-refractivity contribution in [2.45, 2.75) is 46.8 Å². The van der Waals surface area contributed by atoms with E-state index in [2.05, 4.69) is 43.4 Å². The second-order valence-electron chi connectivity index (χ2n) is 5.12. The molecule has 0 aliphatic carbocycles. The van der Waals surface area contributed by atoms with Gasteiger partial charge in [0.15, 0.2) is 0 Å². The molecule has 0 unspecified atom stereocenters. The second-order valence-corrected chi connectivity index (χ2v) is 5.12. The van der Waals surface area contributed by atoms with E-state index in [1.54, 1.807) is 0 Å². The Morgan fingerprint density at radius 1 is 1.17 bits per heavy atom. The standard InChI is InChI=1S/C16H27NO/c1-4-18-13-16-10-6-5-9-15(16)12-17-11-7-8-14(2)3/h5-6,9-10,14,17H,4,7-8,11-13H2,1-3H3. The molecule has 0 bridgehead atoms. The molecule has 0 spiro atoms. The molecule has 1 N–H and O–H groups in total. The second kappa shape index (κ2) is 9.12. The number of nitrogens with one attached hydrogen (secondary N) is 1. The third kappa shape index (κ3) is 6.18. The summed E-state index contributed by atoms with van der Waals surface area (Å²) in [5.74, 6) is 0.803. The summed E-state index contributed by atoms with van der Waals surface area (Å²) >= 11 is 0. The number of rotatable bonds is 9. The van der Waals surface area contributed by atoms with E-state index in [1.165, 1.54) is 24.0 Å². The van der Waals surface area contributed by atoms with Crippen molar-refractivity contribution < 1.29 is 4.74 Å². The van der Waals surface area contributed by atoms with Crippen LogP contribution in [0.15, 0.2) is 24.3 Å². The first-order valence-electron chi connectivity index (χ1n) is 7.09. The molecule has 0 aromatic heterocycles. The van der Waals surface area contributed by atoms with Gasteiger partial charge in [0.05, 0.1) is 6.61 Å². The van der Waals surface area contributed by atoms with Gasteiger partial charge < -0.3 is 10.1 Å². The molecule has 0 atom stereocenters. The molecule has 18 heavy (non-hydrogen) atoms. The van der Waals surface area contributed by atoms with Gasteiger partial charge in [0, 0.05) is 13.2 Å². The Kier molecular flexibility index (Phi) is 7.70. The van der Waals surface area contributed by atoms with E-state index in [9.17, 15) is 0 Å². The first-order chi connectivity index (χ1) is 8.74. The van der Waals surface area contributed by atoms with Gasteiger partial charge in [0.1, 0.15) is 0 Å². The van der Waals surface area contributed by atoms with Crippen LogP contribution in [0.1, 0.15) is 44.7 Å². The molecule has 0 saturated carbocycles. The maximum Gasteiger partial charge on any atom is 0.0719 e. The lowest BCUT2D eigenvalue weighted by atomic mass is 10.1. The van der Waals surface area contributed by atoms with Crippen molar-refractivity contribution in [2.24, 2.45) is 5.92 Å². The molecule has 0 aliphatic heterocycles. The van der Waals surface area contributed by atoms with Gasteiger partial charge in [-0.2, -0.15) is 0 Å². The molecule has 0 saturated heterocycles. The van der Waals surface area contributed by atoms with Gasteiger partial charge in [-0.3, -0.25) is 0 Å². The maximum atomic E-state index is 5.49. The number of hydrogen-bond acceptors (Lipinski definition) is 2. The largest absolute Gasteiger partial charge is 0.377 e. The van der Waals surface area contributed by atoms with Crippen molar-refractivity contribution >= 4 is 0 Å². The minimum absolute atomic E-state index is 0.723. The van der Waals surface area contributed by atoms with Crippen LogP contribution in [0, 0.1) is 5.92 Å². The van der Waals surface area contributed by atoms with Crippen LogP contribution in [0.3, 0.4) is 0 Å². The van der Waals surface area contributed by atoms with Gasteiger partial charge >= 0.3 is 0 Å². The Labute approximate surface area is 112 Å². The van der Waals surface area contributed by atoms with Gasteiger partial charge in [-0.1, -0.05) is 38.1 Å². The van der Waals surface area contributed by atoms with E-state index in [0.717, 1.165) is 32.2 Å². The summed E-state index contributed by atoms with van der Waals surface area (Å²) in [6, 6.07) is 8.52. The average molecular weight is 249 g/mol. The minimum atomic E-state index is 0.723. The molecule has 0 heterocycles. The van der Waals surface area contributed by atoms with Gasteiger partial charge in [-0.25, -0.2) is 0 Å². The lowest BCUT2D eigenvalue weighted by Crippen LogP contribution is -2.16. The fraction of sp³-hybridized carbons (Fsp3) is 0.625. The van der Waals surface area contributed by atoms with Crippen molar-refractivity contribution in [1.82, 2.24) is 5.32 Å². The maximum absolute atomic E-state index is 5.49. The van der Waals surface area contributed by atoms with Crippen molar-refractivity contribution in [3.8, 4) is 0 Å². The highest BCUT2D eigenvalue weighted by Gasteiger charge is 2.01. The molecule has 1 rings (SSSR count). The van der Waals surface area contributed by atoms with Crippen molar-refractivity contribution in [3.05, 3.63) is 35.4 Å². The Hall–Kier alpha value is -0.860. The van der Waals surface area contributed by atoms with Crippen molar-refractivity contribution in [2.75, 3.05) is 13.2 Å². The summed E-state index contributed by atoms with van der Waals surface area (Å²) in [4.78, 5) is 0. The van der Waals surface area contributed by atoms with Gasteiger partial charge in [0.25, 0.3) is 0 Å². The Bertz CT molecular complexity index is 323. The predicted octanol–water partition coefficient (Wildman–Crippen LogP) is 3.75. The molecule has 102 valence electrons. The summed E-state index contributed by atoms with van der Waals surface area (Å²) < 4.78 is 5.49. The normalized spacial score (nSPS) is 11.1. The number of ether oxygens (including phenoxy) is 1. The SMILES string of the molecule is CCOCc1ccccc1CNCCCC(C)C. The molecular formula is C16H27NO. The molecule has 0 fully saturated rings. The fourth-order valence-electron chi connectivity index (χ4n) is 1.94. The fourth-order valence-corrected chi connectivity index (χ4v) is 1.94.